The standard InChI is InChI=1S/C21H30N4S2/c1-16(2)20-24-18(15-27-20)9-11-23-21(22-3)25-12-10-17(13-25)14-26-19-7-5-4-6-8-19/h4-8,15-17H,9-14H2,1-3H3,(H,22,23). The Labute approximate surface area is 171 Å². The molecular weight excluding hydrogens is 372 g/mol. The zero-order chi connectivity index (χ0) is 19.1. The number of guanidine groups is 1. The fraction of sp³-hybridized carbons (Fsp3) is 0.524. The molecular formula is C21H30N4S2. The zero-order valence-electron chi connectivity index (χ0n) is 16.5. The number of likely N-dealkylation sites (tertiary alicyclic amines) is 1. The first-order chi connectivity index (χ1) is 13.2. The van der Waals surface area contributed by atoms with Crippen LogP contribution < -0.4 is 5.32 Å². The van der Waals surface area contributed by atoms with Crippen LogP contribution in [0.15, 0.2) is 45.6 Å². The van der Waals surface area contributed by atoms with E-state index in [2.05, 4.69) is 64.8 Å². The number of benzene rings is 1. The molecule has 27 heavy (non-hydrogen) atoms. The number of hydrogen-bond donors (Lipinski definition) is 1. The molecule has 0 bridgehead atoms. The predicted octanol–water partition coefficient (Wildman–Crippen LogP) is 4.50. The van der Waals surface area contributed by atoms with E-state index in [0.717, 1.165) is 37.9 Å². The van der Waals surface area contributed by atoms with Crippen molar-refractivity contribution in [2.24, 2.45) is 10.9 Å². The van der Waals surface area contributed by atoms with Gasteiger partial charge in [-0.25, -0.2) is 4.98 Å². The predicted molar refractivity (Wildman–Crippen MR) is 118 cm³/mol. The SMILES string of the molecule is CN=C(NCCc1csc(C(C)C)n1)N1CCC(CSc2ccccc2)C1. The van der Waals surface area contributed by atoms with Crippen molar-refractivity contribution in [3.63, 3.8) is 0 Å². The Kier molecular flexibility index (Phi) is 7.59. The second-order valence-electron chi connectivity index (χ2n) is 7.28. The van der Waals surface area contributed by atoms with Gasteiger partial charge in [-0.15, -0.1) is 23.1 Å². The van der Waals surface area contributed by atoms with Crippen LogP contribution in [0.3, 0.4) is 0 Å². The summed E-state index contributed by atoms with van der Waals surface area (Å²) in [6, 6.07) is 10.7. The summed E-state index contributed by atoms with van der Waals surface area (Å²) in [5.74, 6) is 3.44. The van der Waals surface area contributed by atoms with Crippen molar-refractivity contribution in [3.8, 4) is 0 Å². The first kappa shape index (κ1) is 20.2. The number of thiazole rings is 1. The third kappa shape index (κ3) is 5.98. The average molecular weight is 403 g/mol. The Balaban J connectivity index is 1.41. The van der Waals surface area contributed by atoms with Gasteiger partial charge in [0.25, 0.3) is 0 Å². The zero-order valence-corrected chi connectivity index (χ0v) is 18.2. The molecule has 1 aromatic heterocycles. The highest BCUT2D eigenvalue weighted by atomic mass is 32.2. The highest BCUT2D eigenvalue weighted by Gasteiger charge is 2.24. The van der Waals surface area contributed by atoms with Crippen molar-refractivity contribution in [1.29, 1.82) is 0 Å². The van der Waals surface area contributed by atoms with Crippen molar-refractivity contribution in [2.45, 2.75) is 37.5 Å². The summed E-state index contributed by atoms with van der Waals surface area (Å²) < 4.78 is 0. The van der Waals surface area contributed by atoms with E-state index in [0.29, 0.717) is 5.92 Å². The second-order valence-corrected chi connectivity index (χ2v) is 9.26. The van der Waals surface area contributed by atoms with Gasteiger partial charge >= 0.3 is 0 Å². The van der Waals surface area contributed by atoms with Crippen molar-refractivity contribution in [2.75, 3.05) is 32.4 Å². The van der Waals surface area contributed by atoms with Crippen molar-refractivity contribution in [1.82, 2.24) is 15.2 Å². The normalized spacial score (nSPS) is 17.7. The maximum atomic E-state index is 4.72. The van der Waals surface area contributed by atoms with Gasteiger partial charge in [0, 0.05) is 55.0 Å². The maximum Gasteiger partial charge on any atom is 0.193 e. The molecule has 0 saturated carbocycles. The molecule has 1 aliphatic rings. The largest absolute Gasteiger partial charge is 0.356 e. The molecule has 2 heterocycles. The lowest BCUT2D eigenvalue weighted by molar-refractivity contribution is 0.474. The quantitative estimate of drug-likeness (QED) is 0.421. The third-order valence-electron chi connectivity index (χ3n) is 4.75. The molecule has 1 atom stereocenters. The van der Waals surface area contributed by atoms with E-state index >= 15 is 0 Å². The molecule has 0 aliphatic carbocycles. The molecule has 1 aromatic carbocycles. The van der Waals surface area contributed by atoms with Crippen LogP contribution in [0.25, 0.3) is 0 Å². The molecule has 146 valence electrons. The van der Waals surface area contributed by atoms with Crippen LogP contribution in [-0.4, -0.2) is 48.3 Å². The molecule has 1 N–H and O–H groups in total. The lowest BCUT2D eigenvalue weighted by atomic mass is 10.2. The van der Waals surface area contributed by atoms with E-state index in [1.807, 2.05) is 18.8 Å². The maximum absolute atomic E-state index is 4.72. The third-order valence-corrected chi connectivity index (χ3v) is 7.19. The number of nitrogens with one attached hydrogen (secondary N) is 1. The topological polar surface area (TPSA) is 40.5 Å². The van der Waals surface area contributed by atoms with Gasteiger partial charge in [-0.3, -0.25) is 4.99 Å². The van der Waals surface area contributed by atoms with Gasteiger partial charge in [0.1, 0.15) is 0 Å². The minimum Gasteiger partial charge on any atom is -0.356 e. The first-order valence-electron chi connectivity index (χ1n) is 9.73. The Morgan fingerprint density at radius 2 is 2.19 bits per heavy atom. The van der Waals surface area contributed by atoms with E-state index in [4.69, 9.17) is 4.98 Å². The van der Waals surface area contributed by atoms with Crippen LogP contribution in [0.1, 0.15) is 36.9 Å². The van der Waals surface area contributed by atoms with Crippen molar-refractivity contribution < 1.29 is 0 Å². The minimum absolute atomic E-state index is 0.514. The summed E-state index contributed by atoms with van der Waals surface area (Å²) in [4.78, 5) is 13.0. The number of rotatable bonds is 7. The number of thioether (sulfide) groups is 1. The second kappa shape index (κ2) is 10.1. The van der Waals surface area contributed by atoms with Crippen LogP contribution >= 0.6 is 23.1 Å². The van der Waals surface area contributed by atoms with Gasteiger partial charge in [-0.2, -0.15) is 0 Å². The van der Waals surface area contributed by atoms with Gasteiger partial charge in [0.15, 0.2) is 5.96 Å². The van der Waals surface area contributed by atoms with Crippen molar-refractivity contribution >= 4 is 29.1 Å². The van der Waals surface area contributed by atoms with Gasteiger partial charge < -0.3 is 10.2 Å². The smallest absolute Gasteiger partial charge is 0.193 e. The van der Waals surface area contributed by atoms with E-state index in [1.165, 1.54) is 27.8 Å². The summed E-state index contributed by atoms with van der Waals surface area (Å²) in [6.45, 7) is 7.46. The van der Waals surface area contributed by atoms with E-state index in [-0.39, 0.29) is 0 Å². The molecule has 6 heteroatoms. The van der Waals surface area contributed by atoms with Crippen LogP contribution in [0.2, 0.25) is 0 Å². The summed E-state index contributed by atoms with van der Waals surface area (Å²) in [7, 11) is 1.88. The van der Waals surface area contributed by atoms with Crippen LogP contribution in [0.4, 0.5) is 0 Å². The molecule has 2 aromatic rings. The lowest BCUT2D eigenvalue weighted by Gasteiger charge is -2.21. The van der Waals surface area contributed by atoms with Crippen molar-refractivity contribution in [3.05, 3.63) is 46.4 Å². The number of nitrogens with zero attached hydrogens (tertiary/aromatic N) is 3. The Hall–Kier alpha value is -1.53. The van der Waals surface area contributed by atoms with E-state index < -0.39 is 0 Å². The molecule has 0 amide bonds. The summed E-state index contributed by atoms with van der Waals surface area (Å²) >= 11 is 3.73. The summed E-state index contributed by atoms with van der Waals surface area (Å²) in [6.07, 6.45) is 2.19. The highest BCUT2D eigenvalue weighted by Crippen LogP contribution is 2.26. The summed E-state index contributed by atoms with van der Waals surface area (Å²) in [5, 5.41) is 6.94. The number of hydrogen-bond acceptors (Lipinski definition) is 4. The molecule has 1 fully saturated rings. The first-order valence-corrected chi connectivity index (χ1v) is 11.6. The molecule has 1 unspecified atom stereocenters. The monoisotopic (exact) mass is 402 g/mol. The number of aliphatic imine (C=N–C) groups is 1. The lowest BCUT2D eigenvalue weighted by Crippen LogP contribution is -2.41. The molecule has 3 rings (SSSR count). The van der Waals surface area contributed by atoms with Gasteiger partial charge in [-0.05, 0) is 24.5 Å². The van der Waals surface area contributed by atoms with Crippen LogP contribution in [-0.2, 0) is 6.42 Å². The van der Waals surface area contributed by atoms with E-state index in [1.54, 1.807) is 11.3 Å². The highest BCUT2D eigenvalue weighted by molar-refractivity contribution is 7.99. The molecule has 1 saturated heterocycles. The van der Waals surface area contributed by atoms with E-state index in [9.17, 15) is 0 Å². The molecule has 4 nitrogen and oxygen atoms in total. The van der Waals surface area contributed by atoms with Crippen LogP contribution in [0, 0.1) is 5.92 Å². The minimum atomic E-state index is 0.514. The Bertz CT molecular complexity index is 727. The summed E-state index contributed by atoms with van der Waals surface area (Å²) in [5.41, 5.74) is 1.19. The fourth-order valence-electron chi connectivity index (χ4n) is 3.23. The average Bonchev–Trinajstić information content (AvgIpc) is 3.34. The van der Waals surface area contributed by atoms with Gasteiger partial charge in [0.05, 0.1) is 10.7 Å². The fourth-order valence-corrected chi connectivity index (χ4v) is 5.15. The Morgan fingerprint density at radius 1 is 1.37 bits per heavy atom. The molecule has 1 aliphatic heterocycles. The molecule has 0 spiro atoms. The Morgan fingerprint density at radius 3 is 2.89 bits per heavy atom. The van der Waals surface area contributed by atoms with Gasteiger partial charge in [0.2, 0.25) is 0 Å². The van der Waals surface area contributed by atoms with Crippen LogP contribution in [0.5, 0.6) is 0 Å². The molecule has 0 radical (unpaired) electrons. The number of aromatic nitrogens is 1. The van der Waals surface area contributed by atoms with Gasteiger partial charge in [-0.1, -0.05) is 32.0 Å².